The predicted molar refractivity (Wildman–Crippen MR) is 119 cm³/mol. The number of esters is 1. The lowest BCUT2D eigenvalue weighted by Gasteiger charge is -2.06. The van der Waals surface area contributed by atoms with Crippen LogP contribution in [0.25, 0.3) is 0 Å². The number of benzene rings is 2. The number of rotatable bonds is 7. The van der Waals surface area contributed by atoms with Crippen molar-refractivity contribution in [3.05, 3.63) is 69.7 Å². The lowest BCUT2D eigenvalue weighted by molar-refractivity contribution is 0.0526. The van der Waals surface area contributed by atoms with Gasteiger partial charge in [0.15, 0.2) is 5.13 Å². The topological polar surface area (TPSA) is 114 Å². The van der Waals surface area contributed by atoms with E-state index in [1.807, 2.05) is 0 Å². The summed E-state index contributed by atoms with van der Waals surface area (Å²) < 4.78 is 32.3. The Bertz CT molecular complexity index is 1210. The van der Waals surface area contributed by atoms with Crippen molar-refractivity contribution in [2.24, 2.45) is 0 Å². The van der Waals surface area contributed by atoms with Crippen LogP contribution in [0.2, 0.25) is 5.02 Å². The quantitative estimate of drug-likeness (QED) is 0.487. The molecule has 0 aliphatic heterocycles. The number of nitrogens with zero attached hydrogens (tertiary/aromatic N) is 1. The van der Waals surface area contributed by atoms with Gasteiger partial charge in [-0.1, -0.05) is 22.9 Å². The molecule has 8 nitrogen and oxygen atoms in total. The van der Waals surface area contributed by atoms with Crippen LogP contribution < -0.4 is 10.0 Å². The van der Waals surface area contributed by atoms with E-state index in [-0.39, 0.29) is 21.5 Å². The number of carbonyl (C=O) groups is 2. The number of sulfonamides is 1. The van der Waals surface area contributed by atoms with Crippen LogP contribution >= 0.6 is 22.9 Å². The van der Waals surface area contributed by atoms with Crippen LogP contribution in [0.15, 0.2) is 53.4 Å². The van der Waals surface area contributed by atoms with Crippen LogP contribution in [-0.2, 0) is 14.8 Å². The van der Waals surface area contributed by atoms with Crippen molar-refractivity contribution >= 4 is 55.7 Å². The molecule has 3 aromatic rings. The molecule has 0 fully saturated rings. The summed E-state index contributed by atoms with van der Waals surface area (Å²) in [7, 11) is -3.87. The van der Waals surface area contributed by atoms with Gasteiger partial charge in [0.25, 0.3) is 15.9 Å². The van der Waals surface area contributed by atoms with Crippen molar-refractivity contribution in [3.63, 3.8) is 0 Å². The molecular weight excluding hydrogens is 462 g/mol. The highest BCUT2D eigenvalue weighted by Gasteiger charge is 2.20. The molecule has 0 saturated heterocycles. The molecule has 11 heteroatoms. The Labute approximate surface area is 188 Å². The van der Waals surface area contributed by atoms with Crippen LogP contribution in [0.1, 0.15) is 32.6 Å². The third kappa shape index (κ3) is 5.60. The molecule has 1 heterocycles. The number of nitrogens with one attached hydrogen (secondary N) is 2. The number of aromatic nitrogens is 1. The number of hydrogen-bond donors (Lipinski definition) is 2. The molecule has 1 amide bonds. The van der Waals surface area contributed by atoms with Crippen molar-refractivity contribution < 1.29 is 22.7 Å². The predicted octanol–water partition coefficient (Wildman–Crippen LogP) is 4.33. The minimum absolute atomic E-state index is 0.0254. The molecule has 2 aromatic carbocycles. The molecule has 0 saturated carbocycles. The summed E-state index contributed by atoms with van der Waals surface area (Å²) in [6.07, 6.45) is 0. The number of amides is 1. The van der Waals surface area contributed by atoms with E-state index in [4.69, 9.17) is 16.3 Å². The third-order valence-electron chi connectivity index (χ3n) is 4.00. The number of anilines is 2. The molecule has 0 spiro atoms. The SMILES string of the molecule is CCOC(=O)c1ccc(NC(=O)c2sc(NS(=O)(=O)c3ccc(Cl)cc3)nc2C)cc1. The average Bonchev–Trinajstić information content (AvgIpc) is 3.08. The zero-order valence-electron chi connectivity index (χ0n) is 16.5. The second-order valence-electron chi connectivity index (χ2n) is 6.24. The van der Waals surface area contributed by atoms with E-state index in [0.717, 1.165) is 11.3 Å². The van der Waals surface area contributed by atoms with Crippen molar-refractivity contribution in [2.45, 2.75) is 18.7 Å². The van der Waals surface area contributed by atoms with Gasteiger partial charge in [-0.3, -0.25) is 9.52 Å². The Morgan fingerprint density at radius 1 is 1.10 bits per heavy atom. The Kier molecular flexibility index (Phi) is 6.94. The van der Waals surface area contributed by atoms with Crippen molar-refractivity contribution in [3.8, 4) is 0 Å². The van der Waals surface area contributed by atoms with Crippen molar-refractivity contribution in [1.29, 1.82) is 0 Å². The summed E-state index contributed by atoms with van der Waals surface area (Å²) in [5.74, 6) is -0.896. The first-order valence-electron chi connectivity index (χ1n) is 9.04. The maximum atomic E-state index is 12.6. The standard InChI is InChI=1S/C20H18ClN3O5S2/c1-3-29-19(26)13-4-8-15(9-5-13)23-18(25)17-12(2)22-20(30-17)24-31(27,28)16-10-6-14(21)7-11-16/h4-11H,3H2,1-2H3,(H,22,24)(H,23,25). The molecule has 0 aliphatic rings. The summed E-state index contributed by atoms with van der Waals surface area (Å²) in [4.78, 5) is 28.7. The molecule has 162 valence electrons. The fourth-order valence-electron chi connectivity index (χ4n) is 2.53. The number of thiazole rings is 1. The molecule has 0 unspecified atom stereocenters. The Morgan fingerprint density at radius 2 is 1.74 bits per heavy atom. The maximum absolute atomic E-state index is 12.6. The monoisotopic (exact) mass is 479 g/mol. The Balaban J connectivity index is 1.72. The van der Waals surface area contributed by atoms with Crippen LogP contribution in [0.3, 0.4) is 0 Å². The van der Waals surface area contributed by atoms with Gasteiger partial charge in [-0.05, 0) is 62.4 Å². The van der Waals surface area contributed by atoms with Crippen LogP contribution in [-0.4, -0.2) is 31.9 Å². The second-order valence-corrected chi connectivity index (χ2v) is 9.36. The van der Waals surface area contributed by atoms with E-state index in [9.17, 15) is 18.0 Å². The smallest absolute Gasteiger partial charge is 0.338 e. The molecule has 0 radical (unpaired) electrons. The minimum Gasteiger partial charge on any atom is -0.462 e. The number of aryl methyl sites for hydroxylation is 1. The molecule has 0 atom stereocenters. The van der Waals surface area contributed by atoms with Crippen LogP contribution in [0, 0.1) is 6.92 Å². The average molecular weight is 480 g/mol. The summed E-state index contributed by atoms with van der Waals surface area (Å²) in [6.45, 7) is 3.59. The highest BCUT2D eigenvalue weighted by Crippen LogP contribution is 2.26. The van der Waals surface area contributed by atoms with E-state index in [1.54, 1.807) is 38.1 Å². The highest BCUT2D eigenvalue weighted by atomic mass is 35.5. The second kappa shape index (κ2) is 9.46. The lowest BCUT2D eigenvalue weighted by atomic mass is 10.2. The molecule has 31 heavy (non-hydrogen) atoms. The van der Waals surface area contributed by atoms with Crippen molar-refractivity contribution in [1.82, 2.24) is 4.98 Å². The number of hydrogen-bond acceptors (Lipinski definition) is 7. The van der Waals surface area contributed by atoms with Crippen LogP contribution in [0.4, 0.5) is 10.8 Å². The Morgan fingerprint density at radius 3 is 2.35 bits per heavy atom. The summed E-state index contributed by atoms with van der Waals surface area (Å²) in [5, 5.41) is 3.18. The fourth-order valence-corrected chi connectivity index (χ4v) is 4.75. The van der Waals surface area contributed by atoms with Gasteiger partial charge < -0.3 is 10.1 Å². The van der Waals surface area contributed by atoms with E-state index in [0.29, 0.717) is 22.0 Å². The van der Waals surface area contributed by atoms with E-state index < -0.39 is 21.9 Å². The normalized spacial score (nSPS) is 11.1. The Hall–Kier alpha value is -2.95. The first-order valence-corrected chi connectivity index (χ1v) is 11.7. The summed E-state index contributed by atoms with van der Waals surface area (Å²) in [5.41, 5.74) is 1.21. The molecule has 0 aliphatic carbocycles. The van der Waals surface area contributed by atoms with Gasteiger partial charge in [0.05, 0.1) is 22.8 Å². The minimum atomic E-state index is -3.87. The van der Waals surface area contributed by atoms with E-state index in [1.165, 1.54) is 24.3 Å². The summed E-state index contributed by atoms with van der Waals surface area (Å²) in [6, 6.07) is 11.9. The third-order valence-corrected chi connectivity index (χ3v) is 6.81. The van der Waals surface area contributed by atoms with Gasteiger partial charge in [-0.25, -0.2) is 18.2 Å². The van der Waals surface area contributed by atoms with Gasteiger partial charge in [0.2, 0.25) is 0 Å². The first kappa shape index (κ1) is 22.7. The van der Waals surface area contributed by atoms with Gasteiger partial charge in [0, 0.05) is 10.7 Å². The van der Waals surface area contributed by atoms with Crippen molar-refractivity contribution in [2.75, 3.05) is 16.6 Å². The van der Waals surface area contributed by atoms with E-state index in [2.05, 4.69) is 15.0 Å². The van der Waals surface area contributed by atoms with Crippen LogP contribution in [0.5, 0.6) is 0 Å². The zero-order valence-corrected chi connectivity index (χ0v) is 18.9. The summed E-state index contributed by atoms with van der Waals surface area (Å²) >= 11 is 6.71. The highest BCUT2D eigenvalue weighted by molar-refractivity contribution is 7.93. The largest absolute Gasteiger partial charge is 0.462 e. The van der Waals surface area contributed by atoms with Gasteiger partial charge in [-0.2, -0.15) is 0 Å². The zero-order chi connectivity index (χ0) is 22.6. The molecule has 1 aromatic heterocycles. The van der Waals surface area contributed by atoms with Gasteiger partial charge in [-0.15, -0.1) is 0 Å². The molecule has 0 bridgehead atoms. The number of ether oxygens (including phenoxy) is 1. The molecule has 3 rings (SSSR count). The lowest BCUT2D eigenvalue weighted by Crippen LogP contribution is -2.12. The molecule has 2 N–H and O–H groups in total. The van der Waals surface area contributed by atoms with Gasteiger partial charge in [0.1, 0.15) is 4.88 Å². The number of carbonyl (C=O) groups excluding carboxylic acids is 2. The number of halogens is 1. The van der Waals surface area contributed by atoms with E-state index >= 15 is 0 Å². The van der Waals surface area contributed by atoms with Gasteiger partial charge >= 0.3 is 5.97 Å². The fraction of sp³-hybridized carbons (Fsp3) is 0.150. The first-order chi connectivity index (χ1) is 14.7. The maximum Gasteiger partial charge on any atom is 0.338 e. The molecular formula is C20H18ClN3O5S2.